The summed E-state index contributed by atoms with van der Waals surface area (Å²) in [5.74, 6) is 7.00. The minimum absolute atomic E-state index is 0.263. The maximum Gasteiger partial charge on any atom is 0.148 e. The summed E-state index contributed by atoms with van der Waals surface area (Å²) < 4.78 is 5.48. The highest BCUT2D eigenvalue weighted by Gasteiger charge is 2.28. The molecule has 18 heavy (non-hydrogen) atoms. The van der Waals surface area contributed by atoms with Crippen molar-refractivity contribution >= 4 is 11.6 Å². The van der Waals surface area contributed by atoms with Crippen LogP contribution in [0.2, 0.25) is 0 Å². The van der Waals surface area contributed by atoms with Crippen LogP contribution in [0.3, 0.4) is 0 Å². The second-order valence-corrected chi connectivity index (χ2v) is 4.50. The maximum absolute atomic E-state index is 5.48. The number of ether oxygens (including phenoxy) is 1. The van der Waals surface area contributed by atoms with Crippen LogP contribution in [0.5, 0.6) is 0 Å². The Morgan fingerprint density at radius 1 is 1.39 bits per heavy atom. The number of anilines is 2. The van der Waals surface area contributed by atoms with Crippen LogP contribution in [0.15, 0.2) is 6.33 Å². The maximum atomic E-state index is 5.48. The lowest BCUT2D eigenvalue weighted by atomic mass is 10.1. The molecule has 0 amide bonds. The van der Waals surface area contributed by atoms with Gasteiger partial charge >= 0.3 is 0 Å². The lowest BCUT2D eigenvalue weighted by molar-refractivity contribution is 0.101. The van der Waals surface area contributed by atoms with Gasteiger partial charge in [0, 0.05) is 12.7 Å². The zero-order valence-corrected chi connectivity index (χ0v) is 10.9. The van der Waals surface area contributed by atoms with Crippen molar-refractivity contribution in [3.63, 3.8) is 0 Å². The monoisotopic (exact) mass is 251 g/mol. The number of methoxy groups -OCH3 is 1. The fraction of sp³-hybridized carbons (Fsp3) is 0.667. The Morgan fingerprint density at radius 2 is 2.17 bits per heavy atom. The number of hydrogen-bond acceptors (Lipinski definition) is 6. The minimum atomic E-state index is 0.263. The summed E-state index contributed by atoms with van der Waals surface area (Å²) in [5, 5.41) is 3.46. The third-order valence-electron chi connectivity index (χ3n) is 3.51. The number of hydrazine groups is 1. The van der Waals surface area contributed by atoms with Crippen molar-refractivity contribution in [3.8, 4) is 0 Å². The molecule has 1 heterocycles. The molecule has 6 nitrogen and oxygen atoms in total. The zero-order chi connectivity index (χ0) is 13.0. The summed E-state index contributed by atoms with van der Waals surface area (Å²) in [4.78, 5) is 8.44. The molecule has 0 bridgehead atoms. The van der Waals surface area contributed by atoms with Gasteiger partial charge in [-0.1, -0.05) is 6.92 Å². The third-order valence-corrected chi connectivity index (χ3v) is 3.51. The van der Waals surface area contributed by atoms with E-state index in [4.69, 9.17) is 10.6 Å². The van der Waals surface area contributed by atoms with Crippen LogP contribution in [-0.2, 0) is 11.2 Å². The van der Waals surface area contributed by atoms with Gasteiger partial charge in [-0.2, -0.15) is 0 Å². The molecule has 2 rings (SSSR count). The Labute approximate surface area is 107 Å². The number of aromatic nitrogens is 2. The van der Waals surface area contributed by atoms with Crippen molar-refractivity contribution in [1.82, 2.24) is 9.97 Å². The van der Waals surface area contributed by atoms with E-state index >= 15 is 0 Å². The number of nitrogens with one attached hydrogen (secondary N) is 2. The normalized spacial score (nSPS) is 23.1. The average Bonchev–Trinajstić information content (AvgIpc) is 2.85. The second kappa shape index (κ2) is 5.97. The van der Waals surface area contributed by atoms with E-state index in [2.05, 4.69) is 27.6 Å². The summed E-state index contributed by atoms with van der Waals surface area (Å²) in [6, 6.07) is 0.320. The summed E-state index contributed by atoms with van der Waals surface area (Å²) in [6.07, 6.45) is 6.00. The molecule has 1 aromatic heterocycles. The summed E-state index contributed by atoms with van der Waals surface area (Å²) in [7, 11) is 1.76. The third kappa shape index (κ3) is 2.54. The lowest BCUT2D eigenvalue weighted by Gasteiger charge is -2.22. The van der Waals surface area contributed by atoms with Gasteiger partial charge in [-0.3, -0.25) is 0 Å². The van der Waals surface area contributed by atoms with Crippen LogP contribution in [0.1, 0.15) is 31.7 Å². The molecular weight excluding hydrogens is 230 g/mol. The Balaban J connectivity index is 2.18. The van der Waals surface area contributed by atoms with Crippen molar-refractivity contribution in [2.75, 3.05) is 17.9 Å². The first-order valence-electron chi connectivity index (χ1n) is 6.40. The first kappa shape index (κ1) is 13.0. The molecule has 0 saturated heterocycles. The standard InChI is InChI=1S/C12H21N5O/c1-3-8-11(14-7-15-12(8)17-13)16-9-5-4-6-10(9)18-2/h7,9-10H,3-6,13H2,1-2H3,(H2,14,15,16,17). The number of nitrogens with two attached hydrogens (primary N) is 1. The van der Waals surface area contributed by atoms with Gasteiger partial charge in [-0.15, -0.1) is 0 Å². The number of nitrogen functional groups attached to an aromatic ring is 1. The molecule has 2 atom stereocenters. The van der Waals surface area contributed by atoms with Crippen molar-refractivity contribution in [3.05, 3.63) is 11.9 Å². The molecule has 0 radical (unpaired) electrons. The fourth-order valence-electron chi connectivity index (χ4n) is 2.54. The van der Waals surface area contributed by atoms with Crippen LogP contribution in [0, 0.1) is 0 Å². The van der Waals surface area contributed by atoms with Gasteiger partial charge in [0.2, 0.25) is 0 Å². The van der Waals surface area contributed by atoms with Gasteiger partial charge in [0.1, 0.15) is 18.0 Å². The predicted molar refractivity (Wildman–Crippen MR) is 71.3 cm³/mol. The highest BCUT2D eigenvalue weighted by atomic mass is 16.5. The molecule has 1 aliphatic rings. The zero-order valence-electron chi connectivity index (χ0n) is 10.9. The second-order valence-electron chi connectivity index (χ2n) is 4.50. The molecule has 0 spiro atoms. The lowest BCUT2D eigenvalue weighted by Crippen LogP contribution is -2.30. The molecule has 0 aromatic carbocycles. The van der Waals surface area contributed by atoms with E-state index in [0.717, 1.165) is 30.6 Å². The topological polar surface area (TPSA) is 85.1 Å². The van der Waals surface area contributed by atoms with Crippen LogP contribution in [0.25, 0.3) is 0 Å². The number of rotatable bonds is 5. The molecule has 1 saturated carbocycles. The molecule has 1 aromatic rings. The SMILES string of the molecule is CCc1c(NN)ncnc1NC1CCCC1OC. The molecule has 6 heteroatoms. The molecule has 2 unspecified atom stereocenters. The molecule has 0 aliphatic heterocycles. The molecule has 1 fully saturated rings. The average molecular weight is 251 g/mol. The Morgan fingerprint density at radius 3 is 2.83 bits per heavy atom. The minimum Gasteiger partial charge on any atom is -0.379 e. The van der Waals surface area contributed by atoms with E-state index in [0.29, 0.717) is 11.9 Å². The van der Waals surface area contributed by atoms with E-state index < -0.39 is 0 Å². The van der Waals surface area contributed by atoms with Gasteiger partial charge in [-0.05, 0) is 25.7 Å². The van der Waals surface area contributed by atoms with Gasteiger partial charge < -0.3 is 15.5 Å². The first-order valence-corrected chi connectivity index (χ1v) is 6.40. The van der Waals surface area contributed by atoms with E-state index in [1.165, 1.54) is 12.7 Å². The Bertz CT molecular complexity index is 398. The van der Waals surface area contributed by atoms with E-state index in [-0.39, 0.29) is 6.10 Å². The fourth-order valence-corrected chi connectivity index (χ4v) is 2.54. The summed E-state index contributed by atoms with van der Waals surface area (Å²) >= 11 is 0. The summed E-state index contributed by atoms with van der Waals surface area (Å²) in [6.45, 7) is 2.06. The molecule has 100 valence electrons. The van der Waals surface area contributed by atoms with Gasteiger partial charge in [0.05, 0.1) is 12.1 Å². The number of hydrogen-bond donors (Lipinski definition) is 3. The Kier molecular flexibility index (Phi) is 4.33. The smallest absolute Gasteiger partial charge is 0.148 e. The first-order chi connectivity index (χ1) is 8.80. The van der Waals surface area contributed by atoms with Gasteiger partial charge in [0.25, 0.3) is 0 Å². The van der Waals surface area contributed by atoms with Gasteiger partial charge in [-0.25, -0.2) is 15.8 Å². The predicted octanol–water partition coefficient (Wildman–Crippen LogP) is 1.30. The quantitative estimate of drug-likeness (QED) is 0.540. The number of nitrogens with zero attached hydrogens (tertiary/aromatic N) is 2. The highest BCUT2D eigenvalue weighted by molar-refractivity contribution is 5.57. The van der Waals surface area contributed by atoms with Crippen molar-refractivity contribution in [1.29, 1.82) is 0 Å². The van der Waals surface area contributed by atoms with Crippen molar-refractivity contribution in [2.24, 2.45) is 5.84 Å². The van der Waals surface area contributed by atoms with Crippen LogP contribution >= 0.6 is 0 Å². The molecular formula is C12H21N5O. The van der Waals surface area contributed by atoms with Crippen molar-refractivity contribution < 1.29 is 4.74 Å². The summed E-state index contributed by atoms with van der Waals surface area (Å²) in [5.41, 5.74) is 3.63. The van der Waals surface area contributed by atoms with Crippen LogP contribution < -0.4 is 16.6 Å². The van der Waals surface area contributed by atoms with E-state index in [1.54, 1.807) is 7.11 Å². The largest absolute Gasteiger partial charge is 0.379 e. The van der Waals surface area contributed by atoms with Crippen LogP contribution in [0.4, 0.5) is 11.6 Å². The van der Waals surface area contributed by atoms with E-state index in [1.807, 2.05) is 0 Å². The molecule has 4 N–H and O–H groups in total. The highest BCUT2D eigenvalue weighted by Crippen LogP contribution is 2.27. The molecule has 1 aliphatic carbocycles. The van der Waals surface area contributed by atoms with Gasteiger partial charge in [0.15, 0.2) is 0 Å². The van der Waals surface area contributed by atoms with Crippen LogP contribution in [-0.4, -0.2) is 29.2 Å². The Hall–Kier alpha value is -1.40. The van der Waals surface area contributed by atoms with Crippen molar-refractivity contribution in [2.45, 2.75) is 44.8 Å². The van der Waals surface area contributed by atoms with E-state index in [9.17, 15) is 0 Å².